The number of carbonyl (C=O) groups excluding carboxylic acids is 1. The number of nitrogens with two attached hydrogens (primary N) is 1. The van der Waals surface area contributed by atoms with Crippen molar-refractivity contribution in [3.05, 3.63) is 69.4 Å². The van der Waals surface area contributed by atoms with Crippen molar-refractivity contribution in [2.75, 3.05) is 16.5 Å². The van der Waals surface area contributed by atoms with Crippen LogP contribution in [-0.4, -0.2) is 15.9 Å². The summed E-state index contributed by atoms with van der Waals surface area (Å²) in [6, 6.07) is 11.6. The molecule has 0 radical (unpaired) electrons. The molecule has 0 aliphatic carbocycles. The Labute approximate surface area is 169 Å². The standard InChI is InChI=1S/C17H13Cl3N6O/c18-9-1-4-11(5-2-9)24-15-14(21)16(23-8-22-15)25-26-17(27)12-6-3-10(19)7-13(12)20/h1-8H,21H2,(H,26,27)(H2,22,23,24,25). The van der Waals surface area contributed by atoms with Crippen LogP contribution in [-0.2, 0) is 0 Å². The van der Waals surface area contributed by atoms with Crippen molar-refractivity contribution in [1.82, 2.24) is 15.4 Å². The number of hydrazine groups is 1. The molecule has 27 heavy (non-hydrogen) atoms. The summed E-state index contributed by atoms with van der Waals surface area (Å²) in [7, 11) is 0. The quantitative estimate of drug-likeness (QED) is 0.450. The van der Waals surface area contributed by atoms with Gasteiger partial charge in [0.05, 0.1) is 10.6 Å². The molecule has 0 spiro atoms. The van der Waals surface area contributed by atoms with Crippen LogP contribution in [0.5, 0.6) is 0 Å². The summed E-state index contributed by atoms with van der Waals surface area (Å²) in [6.45, 7) is 0. The first kappa shape index (κ1) is 19.0. The Hall–Kier alpha value is -2.74. The van der Waals surface area contributed by atoms with Crippen LogP contribution in [0.1, 0.15) is 10.4 Å². The van der Waals surface area contributed by atoms with Crippen molar-refractivity contribution in [2.24, 2.45) is 0 Å². The van der Waals surface area contributed by atoms with E-state index in [0.29, 0.717) is 15.9 Å². The maximum absolute atomic E-state index is 12.3. The fourth-order valence-electron chi connectivity index (χ4n) is 2.12. The molecule has 0 fully saturated rings. The van der Waals surface area contributed by atoms with E-state index in [9.17, 15) is 4.79 Å². The van der Waals surface area contributed by atoms with Crippen molar-refractivity contribution in [3.8, 4) is 0 Å². The molecule has 10 heteroatoms. The maximum Gasteiger partial charge on any atom is 0.271 e. The SMILES string of the molecule is Nc1c(NNC(=O)c2ccc(Cl)cc2Cl)ncnc1Nc1ccc(Cl)cc1. The van der Waals surface area contributed by atoms with Gasteiger partial charge in [0.2, 0.25) is 0 Å². The number of halogens is 3. The number of benzene rings is 2. The van der Waals surface area contributed by atoms with Crippen LogP contribution in [0.4, 0.5) is 23.0 Å². The first-order chi connectivity index (χ1) is 12.9. The highest BCUT2D eigenvalue weighted by atomic mass is 35.5. The third kappa shape index (κ3) is 4.71. The van der Waals surface area contributed by atoms with E-state index < -0.39 is 5.91 Å². The topological polar surface area (TPSA) is 105 Å². The van der Waals surface area contributed by atoms with E-state index in [0.717, 1.165) is 5.69 Å². The van der Waals surface area contributed by atoms with Crippen LogP contribution < -0.4 is 21.9 Å². The average Bonchev–Trinajstić information content (AvgIpc) is 2.64. The predicted octanol–water partition coefficient (Wildman–Crippen LogP) is 4.52. The summed E-state index contributed by atoms with van der Waals surface area (Å²) in [5.74, 6) is 0.121. The number of nitrogens with one attached hydrogen (secondary N) is 3. The number of anilines is 4. The molecule has 1 amide bonds. The Morgan fingerprint density at radius 1 is 0.926 bits per heavy atom. The van der Waals surface area contributed by atoms with Crippen molar-refractivity contribution in [1.29, 1.82) is 0 Å². The predicted molar refractivity (Wildman–Crippen MR) is 109 cm³/mol. The van der Waals surface area contributed by atoms with Gasteiger partial charge in [0.25, 0.3) is 5.91 Å². The molecule has 0 saturated carbocycles. The molecule has 0 aliphatic heterocycles. The van der Waals surface area contributed by atoms with Gasteiger partial charge in [0.15, 0.2) is 11.6 Å². The van der Waals surface area contributed by atoms with Gasteiger partial charge in [-0.2, -0.15) is 0 Å². The van der Waals surface area contributed by atoms with Crippen molar-refractivity contribution in [2.45, 2.75) is 0 Å². The molecular formula is C17H13Cl3N6O. The average molecular weight is 424 g/mol. The Kier molecular flexibility index (Phi) is 5.85. The van der Waals surface area contributed by atoms with Crippen LogP contribution in [0.25, 0.3) is 0 Å². The maximum atomic E-state index is 12.3. The molecule has 3 rings (SSSR count). The van der Waals surface area contributed by atoms with Crippen LogP contribution >= 0.6 is 34.8 Å². The summed E-state index contributed by atoms with van der Waals surface area (Å²) < 4.78 is 0. The van der Waals surface area contributed by atoms with Crippen molar-refractivity contribution < 1.29 is 4.79 Å². The highest BCUT2D eigenvalue weighted by molar-refractivity contribution is 6.36. The molecule has 138 valence electrons. The van der Waals surface area contributed by atoms with Crippen molar-refractivity contribution >= 4 is 63.7 Å². The van der Waals surface area contributed by atoms with Crippen LogP contribution in [0.2, 0.25) is 15.1 Å². The third-order valence-electron chi connectivity index (χ3n) is 3.46. The monoisotopic (exact) mass is 422 g/mol. The normalized spacial score (nSPS) is 10.3. The molecule has 7 nitrogen and oxygen atoms in total. The molecule has 0 aliphatic rings. The van der Waals surface area contributed by atoms with Gasteiger partial charge in [-0.05, 0) is 42.5 Å². The number of hydrogen-bond donors (Lipinski definition) is 4. The molecule has 1 aromatic heterocycles. The first-order valence-corrected chi connectivity index (χ1v) is 8.72. The highest BCUT2D eigenvalue weighted by Crippen LogP contribution is 2.26. The molecule has 3 aromatic rings. The number of amides is 1. The van der Waals surface area contributed by atoms with Gasteiger partial charge in [-0.3, -0.25) is 15.6 Å². The van der Waals surface area contributed by atoms with Gasteiger partial charge in [0, 0.05) is 15.7 Å². The van der Waals surface area contributed by atoms with Gasteiger partial charge < -0.3 is 11.1 Å². The first-order valence-electron chi connectivity index (χ1n) is 7.58. The lowest BCUT2D eigenvalue weighted by molar-refractivity contribution is 0.0962. The smallest absolute Gasteiger partial charge is 0.271 e. The fraction of sp³-hybridized carbons (Fsp3) is 0. The van der Waals surface area contributed by atoms with E-state index in [1.807, 2.05) is 0 Å². The minimum absolute atomic E-state index is 0.218. The van der Waals surface area contributed by atoms with E-state index in [1.165, 1.54) is 18.5 Å². The molecule has 0 saturated heterocycles. The largest absolute Gasteiger partial charge is 0.393 e. The van der Waals surface area contributed by atoms with Gasteiger partial charge in [-0.25, -0.2) is 9.97 Å². The van der Waals surface area contributed by atoms with Gasteiger partial charge in [0.1, 0.15) is 12.0 Å². The molecule has 0 bridgehead atoms. The molecule has 0 atom stereocenters. The molecular weight excluding hydrogens is 411 g/mol. The van der Waals surface area contributed by atoms with Gasteiger partial charge in [-0.15, -0.1) is 0 Å². The van der Waals surface area contributed by atoms with Crippen LogP contribution in [0.3, 0.4) is 0 Å². The van der Waals surface area contributed by atoms with E-state index in [1.54, 1.807) is 30.3 Å². The Morgan fingerprint density at radius 2 is 1.59 bits per heavy atom. The highest BCUT2D eigenvalue weighted by Gasteiger charge is 2.13. The Morgan fingerprint density at radius 3 is 2.30 bits per heavy atom. The zero-order valence-corrected chi connectivity index (χ0v) is 15.9. The number of carbonyl (C=O) groups is 1. The molecule has 1 heterocycles. The van der Waals surface area contributed by atoms with E-state index >= 15 is 0 Å². The third-order valence-corrected chi connectivity index (χ3v) is 4.26. The van der Waals surface area contributed by atoms with E-state index in [4.69, 9.17) is 40.5 Å². The van der Waals surface area contributed by atoms with E-state index in [2.05, 4.69) is 26.1 Å². The Bertz CT molecular complexity index is 981. The lowest BCUT2D eigenvalue weighted by Gasteiger charge is -2.13. The minimum atomic E-state index is -0.470. The zero-order valence-electron chi connectivity index (χ0n) is 13.6. The Balaban J connectivity index is 1.72. The minimum Gasteiger partial charge on any atom is -0.393 e. The fourth-order valence-corrected chi connectivity index (χ4v) is 2.74. The van der Waals surface area contributed by atoms with Crippen LogP contribution in [0.15, 0.2) is 48.8 Å². The number of nitrogens with zero attached hydrogens (tertiary/aromatic N) is 2. The van der Waals surface area contributed by atoms with Crippen LogP contribution in [0, 0.1) is 0 Å². The second-order valence-corrected chi connectivity index (χ2v) is 6.60. The second kappa shape index (κ2) is 8.30. The summed E-state index contributed by atoms with van der Waals surface area (Å²) in [4.78, 5) is 20.4. The van der Waals surface area contributed by atoms with Crippen molar-refractivity contribution in [3.63, 3.8) is 0 Å². The second-order valence-electron chi connectivity index (χ2n) is 5.32. The molecule has 5 N–H and O–H groups in total. The summed E-state index contributed by atoms with van der Waals surface area (Å²) in [5, 5.41) is 4.32. The number of aromatic nitrogens is 2. The molecule has 2 aromatic carbocycles. The summed E-state index contributed by atoms with van der Waals surface area (Å²) >= 11 is 17.7. The summed E-state index contributed by atoms with van der Waals surface area (Å²) in [6.07, 6.45) is 1.30. The molecule has 0 unspecified atom stereocenters. The number of hydrogen-bond acceptors (Lipinski definition) is 6. The van der Waals surface area contributed by atoms with Gasteiger partial charge >= 0.3 is 0 Å². The zero-order chi connectivity index (χ0) is 19.4. The lowest BCUT2D eigenvalue weighted by atomic mass is 10.2. The number of rotatable bonds is 5. The summed E-state index contributed by atoms with van der Waals surface area (Å²) in [5.41, 5.74) is 12.4. The van der Waals surface area contributed by atoms with Gasteiger partial charge in [-0.1, -0.05) is 34.8 Å². The van der Waals surface area contributed by atoms with E-state index in [-0.39, 0.29) is 22.1 Å². The number of nitrogen functional groups attached to an aromatic ring is 1. The lowest BCUT2D eigenvalue weighted by Crippen LogP contribution is -2.30.